The van der Waals surface area contributed by atoms with E-state index in [1.165, 1.54) is 23.5 Å². The molecule has 1 saturated heterocycles. The lowest BCUT2D eigenvalue weighted by Gasteiger charge is -2.25. The van der Waals surface area contributed by atoms with Crippen molar-refractivity contribution in [2.45, 2.75) is 32.0 Å². The van der Waals surface area contributed by atoms with Crippen molar-refractivity contribution in [2.75, 3.05) is 31.6 Å². The van der Waals surface area contributed by atoms with E-state index in [4.69, 9.17) is 4.74 Å². The maximum atomic E-state index is 12.6. The Morgan fingerprint density at radius 2 is 1.96 bits per heavy atom. The van der Waals surface area contributed by atoms with Crippen LogP contribution in [0.5, 0.6) is 0 Å². The molecule has 1 aromatic heterocycles. The van der Waals surface area contributed by atoms with Gasteiger partial charge in [-0.1, -0.05) is 19.1 Å². The summed E-state index contributed by atoms with van der Waals surface area (Å²) < 4.78 is 43.3. The number of morpholine rings is 1. The highest BCUT2D eigenvalue weighted by Crippen LogP contribution is 2.30. The van der Waals surface area contributed by atoms with E-state index in [2.05, 4.69) is 15.2 Å². The highest BCUT2D eigenvalue weighted by atomic mass is 32.1. The molecule has 2 aromatic rings. The van der Waals surface area contributed by atoms with E-state index >= 15 is 0 Å². The molecule has 1 unspecified atom stereocenters. The van der Waals surface area contributed by atoms with Gasteiger partial charge in [-0.15, -0.1) is 11.3 Å². The van der Waals surface area contributed by atoms with E-state index in [0.29, 0.717) is 10.7 Å². The first-order valence-corrected chi connectivity index (χ1v) is 9.91. The molecule has 0 spiro atoms. The van der Waals surface area contributed by atoms with Crippen molar-refractivity contribution in [3.8, 4) is 0 Å². The van der Waals surface area contributed by atoms with Crippen molar-refractivity contribution in [3.05, 3.63) is 46.5 Å². The average molecular weight is 413 g/mol. The first kappa shape index (κ1) is 20.8. The van der Waals surface area contributed by atoms with Crippen LogP contribution in [-0.2, 0) is 22.3 Å². The topological polar surface area (TPSA) is 54.5 Å². The minimum Gasteiger partial charge on any atom is -0.379 e. The van der Waals surface area contributed by atoms with Crippen LogP contribution < -0.4 is 5.32 Å². The lowest BCUT2D eigenvalue weighted by Crippen LogP contribution is -2.35. The zero-order valence-corrected chi connectivity index (χ0v) is 16.3. The molecule has 3 rings (SSSR count). The highest BCUT2D eigenvalue weighted by Gasteiger charge is 2.30. The SMILES string of the molecule is CC(CC(=O)Nc1nc(CN2CCOCC2)cs1)c1ccc(C(F)(F)F)cc1. The fourth-order valence-corrected chi connectivity index (χ4v) is 3.71. The number of alkyl halides is 3. The Balaban J connectivity index is 1.51. The summed E-state index contributed by atoms with van der Waals surface area (Å²) in [5.74, 6) is -0.408. The lowest BCUT2D eigenvalue weighted by molar-refractivity contribution is -0.137. The van der Waals surface area contributed by atoms with E-state index in [1.54, 1.807) is 0 Å². The molecule has 1 amide bonds. The number of amides is 1. The zero-order valence-electron chi connectivity index (χ0n) is 15.5. The van der Waals surface area contributed by atoms with Crippen LogP contribution in [-0.4, -0.2) is 42.1 Å². The molecule has 1 N–H and O–H groups in total. The number of rotatable bonds is 6. The Kier molecular flexibility index (Phi) is 6.69. The molecule has 28 heavy (non-hydrogen) atoms. The summed E-state index contributed by atoms with van der Waals surface area (Å²) in [6, 6.07) is 4.93. The molecule has 9 heteroatoms. The van der Waals surface area contributed by atoms with Crippen molar-refractivity contribution in [2.24, 2.45) is 0 Å². The Bertz CT molecular complexity index is 786. The number of halogens is 3. The second-order valence-electron chi connectivity index (χ2n) is 6.81. The van der Waals surface area contributed by atoms with Crippen molar-refractivity contribution in [1.82, 2.24) is 9.88 Å². The Morgan fingerprint density at radius 1 is 1.29 bits per heavy atom. The van der Waals surface area contributed by atoms with Crippen LogP contribution in [0.25, 0.3) is 0 Å². The quantitative estimate of drug-likeness (QED) is 0.774. The maximum Gasteiger partial charge on any atom is 0.416 e. The van der Waals surface area contributed by atoms with E-state index in [0.717, 1.165) is 50.7 Å². The number of hydrogen-bond acceptors (Lipinski definition) is 5. The van der Waals surface area contributed by atoms with Crippen LogP contribution in [0, 0.1) is 0 Å². The number of carbonyl (C=O) groups is 1. The second kappa shape index (κ2) is 9.02. The summed E-state index contributed by atoms with van der Waals surface area (Å²) in [6.07, 6.45) is -4.19. The molecule has 152 valence electrons. The zero-order chi connectivity index (χ0) is 20.1. The normalized spacial score (nSPS) is 16.7. The smallest absolute Gasteiger partial charge is 0.379 e. The molecular formula is C19H22F3N3O2S. The van der Waals surface area contributed by atoms with Crippen molar-refractivity contribution in [3.63, 3.8) is 0 Å². The average Bonchev–Trinajstić information content (AvgIpc) is 3.08. The summed E-state index contributed by atoms with van der Waals surface area (Å²) in [6.45, 7) is 5.70. The fraction of sp³-hybridized carbons (Fsp3) is 0.474. The number of nitrogens with one attached hydrogen (secondary N) is 1. The van der Waals surface area contributed by atoms with Crippen LogP contribution in [0.4, 0.5) is 18.3 Å². The molecule has 0 bridgehead atoms. The van der Waals surface area contributed by atoms with Gasteiger partial charge in [-0.2, -0.15) is 13.2 Å². The van der Waals surface area contributed by atoms with Gasteiger partial charge in [-0.3, -0.25) is 9.69 Å². The predicted molar refractivity (Wildman–Crippen MR) is 101 cm³/mol. The monoisotopic (exact) mass is 413 g/mol. The standard InChI is InChI=1S/C19H22F3N3O2S/c1-13(14-2-4-15(5-3-14)19(20,21)22)10-17(26)24-18-23-16(12-28-18)11-25-6-8-27-9-7-25/h2-5,12-13H,6-11H2,1H3,(H,23,24,26). The third-order valence-corrected chi connectivity index (χ3v) is 5.39. The van der Waals surface area contributed by atoms with Gasteiger partial charge in [0, 0.05) is 31.4 Å². The van der Waals surface area contributed by atoms with Crippen LogP contribution in [0.2, 0.25) is 0 Å². The van der Waals surface area contributed by atoms with Crippen molar-refractivity contribution in [1.29, 1.82) is 0 Å². The number of carbonyl (C=O) groups excluding carboxylic acids is 1. The number of ether oxygens (including phenoxy) is 1. The second-order valence-corrected chi connectivity index (χ2v) is 7.66. The molecule has 1 aliphatic heterocycles. The highest BCUT2D eigenvalue weighted by molar-refractivity contribution is 7.13. The molecule has 2 heterocycles. The maximum absolute atomic E-state index is 12.6. The van der Waals surface area contributed by atoms with Crippen LogP contribution in [0.3, 0.4) is 0 Å². The first-order valence-electron chi connectivity index (χ1n) is 9.03. The van der Waals surface area contributed by atoms with Crippen LogP contribution in [0.15, 0.2) is 29.6 Å². The van der Waals surface area contributed by atoms with Gasteiger partial charge in [0.25, 0.3) is 0 Å². The Labute approximate surface area is 165 Å². The number of hydrogen-bond donors (Lipinski definition) is 1. The number of anilines is 1. The van der Waals surface area contributed by atoms with Gasteiger partial charge in [0.15, 0.2) is 5.13 Å². The molecule has 1 fully saturated rings. The van der Waals surface area contributed by atoms with Crippen molar-refractivity contribution >= 4 is 22.4 Å². The van der Waals surface area contributed by atoms with Gasteiger partial charge in [0.2, 0.25) is 5.91 Å². The number of thiazole rings is 1. The van der Waals surface area contributed by atoms with Crippen molar-refractivity contribution < 1.29 is 22.7 Å². The molecule has 0 radical (unpaired) electrons. The Morgan fingerprint density at radius 3 is 2.61 bits per heavy atom. The molecule has 0 saturated carbocycles. The lowest BCUT2D eigenvalue weighted by atomic mass is 9.96. The number of nitrogens with zero attached hydrogens (tertiary/aromatic N) is 2. The van der Waals surface area contributed by atoms with Gasteiger partial charge >= 0.3 is 6.18 Å². The minimum atomic E-state index is -4.36. The number of benzene rings is 1. The molecule has 1 aromatic carbocycles. The van der Waals surface area contributed by atoms with Crippen LogP contribution in [0.1, 0.15) is 36.1 Å². The fourth-order valence-electron chi connectivity index (χ4n) is 2.99. The van der Waals surface area contributed by atoms with E-state index < -0.39 is 11.7 Å². The summed E-state index contributed by atoms with van der Waals surface area (Å²) in [5, 5.41) is 5.24. The largest absolute Gasteiger partial charge is 0.416 e. The van der Waals surface area contributed by atoms with Gasteiger partial charge in [-0.25, -0.2) is 4.98 Å². The van der Waals surface area contributed by atoms with Gasteiger partial charge < -0.3 is 10.1 Å². The predicted octanol–water partition coefficient (Wildman–Crippen LogP) is 4.13. The van der Waals surface area contributed by atoms with E-state index in [1.807, 2.05) is 12.3 Å². The summed E-state index contributed by atoms with van der Waals surface area (Å²) >= 11 is 1.37. The molecule has 1 atom stereocenters. The number of aromatic nitrogens is 1. The van der Waals surface area contributed by atoms with Crippen LogP contribution >= 0.6 is 11.3 Å². The third kappa shape index (κ3) is 5.76. The van der Waals surface area contributed by atoms with Gasteiger partial charge in [0.1, 0.15) is 0 Å². The summed E-state index contributed by atoms with van der Waals surface area (Å²) in [7, 11) is 0. The third-order valence-electron chi connectivity index (χ3n) is 4.59. The molecule has 0 aliphatic carbocycles. The molecule has 5 nitrogen and oxygen atoms in total. The molecule has 1 aliphatic rings. The summed E-state index contributed by atoms with van der Waals surface area (Å²) in [5.41, 5.74) is 0.900. The van der Waals surface area contributed by atoms with E-state index in [9.17, 15) is 18.0 Å². The summed E-state index contributed by atoms with van der Waals surface area (Å²) in [4.78, 5) is 19.0. The first-order chi connectivity index (χ1) is 13.3. The minimum absolute atomic E-state index is 0.170. The van der Waals surface area contributed by atoms with E-state index in [-0.39, 0.29) is 18.2 Å². The van der Waals surface area contributed by atoms with Gasteiger partial charge in [0.05, 0.1) is 24.5 Å². The van der Waals surface area contributed by atoms with Gasteiger partial charge in [-0.05, 0) is 23.6 Å². The Hall–Kier alpha value is -1.97. The molecular weight excluding hydrogens is 391 g/mol.